The Kier molecular flexibility index (Phi) is 3.30. The van der Waals surface area contributed by atoms with Gasteiger partial charge in [0.1, 0.15) is 5.82 Å². The lowest BCUT2D eigenvalue weighted by atomic mass is 10.1. The minimum atomic E-state index is 0.498. The van der Waals surface area contributed by atoms with Gasteiger partial charge in [-0.2, -0.15) is 0 Å². The zero-order chi connectivity index (χ0) is 12.4. The van der Waals surface area contributed by atoms with Gasteiger partial charge in [0.15, 0.2) is 0 Å². The van der Waals surface area contributed by atoms with Crippen molar-refractivity contribution >= 4 is 11.0 Å². The van der Waals surface area contributed by atoms with E-state index < -0.39 is 0 Å². The third kappa shape index (κ3) is 2.54. The number of aromatic nitrogens is 2. The molecule has 0 spiro atoms. The highest BCUT2D eigenvalue weighted by Gasteiger charge is 2.12. The summed E-state index contributed by atoms with van der Waals surface area (Å²) in [7, 11) is 0. The maximum absolute atomic E-state index is 5.47. The maximum atomic E-state index is 5.47. The molecule has 0 amide bonds. The van der Waals surface area contributed by atoms with E-state index in [1.807, 2.05) is 6.92 Å². The third-order valence-corrected chi connectivity index (χ3v) is 3.42. The van der Waals surface area contributed by atoms with Gasteiger partial charge in [-0.3, -0.25) is 0 Å². The second-order valence-electron chi connectivity index (χ2n) is 4.97. The molecule has 0 saturated carbocycles. The van der Waals surface area contributed by atoms with Gasteiger partial charge in [-0.25, -0.2) is 4.98 Å². The quantitative estimate of drug-likeness (QED) is 0.871. The minimum Gasteiger partial charge on any atom is -0.380 e. The van der Waals surface area contributed by atoms with Gasteiger partial charge in [0.25, 0.3) is 0 Å². The fraction of sp³-hybridized carbons (Fsp3) is 0.500. The molecule has 1 aliphatic heterocycles. The Balaban J connectivity index is 1.66. The molecular formula is C14H19N3O. The number of nitrogens with zero attached hydrogens (tertiary/aromatic N) is 1. The van der Waals surface area contributed by atoms with Crippen molar-refractivity contribution in [3.8, 4) is 0 Å². The molecule has 0 radical (unpaired) electrons. The number of aromatic amines is 1. The number of rotatable bonds is 3. The van der Waals surface area contributed by atoms with Crippen LogP contribution in [0.3, 0.4) is 0 Å². The Morgan fingerprint density at radius 1 is 1.50 bits per heavy atom. The molecule has 18 heavy (non-hydrogen) atoms. The van der Waals surface area contributed by atoms with Crippen molar-refractivity contribution in [3.05, 3.63) is 29.6 Å². The second kappa shape index (κ2) is 5.08. The van der Waals surface area contributed by atoms with Crippen LogP contribution >= 0.6 is 0 Å². The highest BCUT2D eigenvalue weighted by Crippen LogP contribution is 2.14. The Hall–Kier alpha value is -1.39. The number of benzene rings is 1. The van der Waals surface area contributed by atoms with Gasteiger partial charge < -0.3 is 15.0 Å². The van der Waals surface area contributed by atoms with Crippen molar-refractivity contribution in [1.82, 2.24) is 15.3 Å². The van der Waals surface area contributed by atoms with Crippen LogP contribution in [0.4, 0.5) is 0 Å². The van der Waals surface area contributed by atoms with Crippen LogP contribution in [0, 0.1) is 6.92 Å². The van der Waals surface area contributed by atoms with Gasteiger partial charge >= 0.3 is 0 Å². The molecule has 1 saturated heterocycles. The van der Waals surface area contributed by atoms with Gasteiger partial charge in [-0.15, -0.1) is 0 Å². The standard InChI is InChI=1S/C14H19N3O/c1-10-16-13-5-4-11(7-14(13)17-10)8-15-12-3-2-6-18-9-12/h4-5,7,12,15H,2-3,6,8-9H2,1H3,(H,16,17)/t12-/m1/s1. The smallest absolute Gasteiger partial charge is 0.104 e. The Morgan fingerprint density at radius 3 is 3.28 bits per heavy atom. The Labute approximate surface area is 107 Å². The molecule has 1 aromatic carbocycles. The molecule has 3 rings (SSSR count). The predicted octanol–water partition coefficient (Wildman–Crippen LogP) is 2.14. The molecule has 2 aromatic rings. The van der Waals surface area contributed by atoms with E-state index >= 15 is 0 Å². The lowest BCUT2D eigenvalue weighted by molar-refractivity contribution is 0.0699. The molecular weight excluding hydrogens is 226 g/mol. The van der Waals surface area contributed by atoms with E-state index in [2.05, 4.69) is 33.5 Å². The molecule has 1 fully saturated rings. The highest BCUT2D eigenvalue weighted by atomic mass is 16.5. The summed E-state index contributed by atoms with van der Waals surface area (Å²) in [5.41, 5.74) is 3.45. The van der Waals surface area contributed by atoms with Crippen molar-refractivity contribution in [3.63, 3.8) is 0 Å². The number of imidazole rings is 1. The van der Waals surface area contributed by atoms with Crippen molar-refractivity contribution in [2.24, 2.45) is 0 Å². The number of nitrogens with one attached hydrogen (secondary N) is 2. The zero-order valence-electron chi connectivity index (χ0n) is 10.7. The Morgan fingerprint density at radius 2 is 2.44 bits per heavy atom. The van der Waals surface area contributed by atoms with E-state index in [1.165, 1.54) is 12.0 Å². The van der Waals surface area contributed by atoms with Gasteiger partial charge in [0, 0.05) is 19.2 Å². The minimum absolute atomic E-state index is 0.498. The summed E-state index contributed by atoms with van der Waals surface area (Å²) in [6.07, 6.45) is 2.38. The van der Waals surface area contributed by atoms with Crippen LogP contribution in [0.5, 0.6) is 0 Å². The zero-order valence-corrected chi connectivity index (χ0v) is 10.7. The SMILES string of the molecule is Cc1nc2ccc(CN[C@@H]3CCCOC3)cc2[nH]1. The van der Waals surface area contributed by atoms with Crippen LogP contribution in [-0.4, -0.2) is 29.2 Å². The van der Waals surface area contributed by atoms with E-state index in [9.17, 15) is 0 Å². The average Bonchev–Trinajstić information content (AvgIpc) is 2.77. The number of aryl methyl sites for hydroxylation is 1. The highest BCUT2D eigenvalue weighted by molar-refractivity contribution is 5.75. The summed E-state index contributed by atoms with van der Waals surface area (Å²) < 4.78 is 5.47. The summed E-state index contributed by atoms with van der Waals surface area (Å²) in [6, 6.07) is 6.89. The van der Waals surface area contributed by atoms with E-state index in [0.717, 1.165) is 43.0 Å². The monoisotopic (exact) mass is 245 g/mol. The third-order valence-electron chi connectivity index (χ3n) is 3.42. The summed E-state index contributed by atoms with van der Waals surface area (Å²) in [5.74, 6) is 0.968. The van der Waals surface area contributed by atoms with Gasteiger partial charge in [-0.05, 0) is 37.5 Å². The first-order valence-electron chi connectivity index (χ1n) is 6.57. The molecule has 1 atom stereocenters. The first-order chi connectivity index (χ1) is 8.81. The summed E-state index contributed by atoms with van der Waals surface area (Å²) >= 11 is 0. The maximum Gasteiger partial charge on any atom is 0.104 e. The van der Waals surface area contributed by atoms with Gasteiger partial charge in [0.2, 0.25) is 0 Å². The summed E-state index contributed by atoms with van der Waals surface area (Å²) in [6.45, 7) is 4.63. The number of ether oxygens (including phenoxy) is 1. The molecule has 1 aliphatic rings. The average molecular weight is 245 g/mol. The van der Waals surface area contributed by atoms with Crippen LogP contribution in [0.2, 0.25) is 0 Å². The molecule has 4 nitrogen and oxygen atoms in total. The largest absolute Gasteiger partial charge is 0.380 e. The lowest BCUT2D eigenvalue weighted by Gasteiger charge is -2.23. The van der Waals surface area contributed by atoms with Crippen molar-refractivity contribution in [2.45, 2.75) is 32.4 Å². The van der Waals surface area contributed by atoms with Gasteiger partial charge in [0.05, 0.1) is 17.6 Å². The molecule has 1 aromatic heterocycles. The first-order valence-corrected chi connectivity index (χ1v) is 6.57. The van der Waals surface area contributed by atoms with Crippen molar-refractivity contribution < 1.29 is 4.74 Å². The second-order valence-corrected chi connectivity index (χ2v) is 4.97. The van der Waals surface area contributed by atoms with Gasteiger partial charge in [-0.1, -0.05) is 6.07 Å². The lowest BCUT2D eigenvalue weighted by Crippen LogP contribution is -2.36. The molecule has 4 heteroatoms. The molecule has 0 unspecified atom stereocenters. The van der Waals surface area contributed by atoms with Crippen molar-refractivity contribution in [1.29, 1.82) is 0 Å². The molecule has 2 N–H and O–H groups in total. The number of H-pyrrole nitrogens is 1. The van der Waals surface area contributed by atoms with Crippen LogP contribution in [0.25, 0.3) is 11.0 Å². The first kappa shape index (κ1) is 11.7. The molecule has 0 aliphatic carbocycles. The summed E-state index contributed by atoms with van der Waals surface area (Å²) in [4.78, 5) is 7.68. The molecule has 0 bridgehead atoms. The van der Waals surface area contributed by atoms with E-state index in [1.54, 1.807) is 0 Å². The number of hydrogen-bond acceptors (Lipinski definition) is 3. The number of hydrogen-bond donors (Lipinski definition) is 2. The van der Waals surface area contributed by atoms with E-state index in [4.69, 9.17) is 4.74 Å². The fourth-order valence-electron chi connectivity index (χ4n) is 2.46. The topological polar surface area (TPSA) is 49.9 Å². The van der Waals surface area contributed by atoms with Crippen molar-refractivity contribution in [2.75, 3.05) is 13.2 Å². The molecule has 2 heterocycles. The number of fused-ring (bicyclic) bond motifs is 1. The van der Waals surface area contributed by atoms with Crippen LogP contribution in [0.1, 0.15) is 24.2 Å². The fourth-order valence-corrected chi connectivity index (χ4v) is 2.46. The van der Waals surface area contributed by atoms with E-state index in [0.29, 0.717) is 6.04 Å². The molecule has 96 valence electrons. The Bertz CT molecular complexity index is 529. The van der Waals surface area contributed by atoms with Crippen LogP contribution in [0.15, 0.2) is 18.2 Å². The predicted molar refractivity (Wildman–Crippen MR) is 71.5 cm³/mol. The van der Waals surface area contributed by atoms with Crippen LogP contribution in [-0.2, 0) is 11.3 Å². The summed E-state index contributed by atoms with van der Waals surface area (Å²) in [5, 5.41) is 3.55. The van der Waals surface area contributed by atoms with Crippen LogP contribution < -0.4 is 5.32 Å². The van der Waals surface area contributed by atoms with E-state index in [-0.39, 0.29) is 0 Å². The normalized spacial score (nSPS) is 20.4.